The number of likely N-dealkylation sites (N-methyl/N-ethyl adjacent to an activating group) is 1. The minimum Gasteiger partial charge on any atom is -0.411 e. The fourth-order valence-electron chi connectivity index (χ4n) is 2.58. The van der Waals surface area contributed by atoms with Crippen molar-refractivity contribution in [3.63, 3.8) is 0 Å². The molecular formula is C13H19BN2O4S. The zero-order chi connectivity index (χ0) is 14.9. The predicted molar refractivity (Wildman–Crippen MR) is 79.6 cm³/mol. The molecule has 114 valence electrons. The van der Waals surface area contributed by atoms with Crippen LogP contribution in [0.25, 0.3) is 0 Å². The van der Waals surface area contributed by atoms with E-state index in [1.807, 2.05) is 13.1 Å². The third-order valence-electron chi connectivity index (χ3n) is 3.95. The molecule has 1 atom stereocenters. The minimum atomic E-state index is -3.43. The molecule has 21 heavy (non-hydrogen) atoms. The average Bonchev–Trinajstić information content (AvgIpc) is 3.02. The van der Waals surface area contributed by atoms with E-state index in [4.69, 9.17) is 9.31 Å². The number of piperazine rings is 1. The van der Waals surface area contributed by atoms with Gasteiger partial charge in [-0.2, -0.15) is 4.31 Å². The van der Waals surface area contributed by atoms with E-state index in [0.717, 1.165) is 18.7 Å². The second-order valence-corrected chi connectivity index (χ2v) is 7.36. The first-order chi connectivity index (χ1) is 10.1. The molecule has 0 spiro atoms. The summed E-state index contributed by atoms with van der Waals surface area (Å²) in [5, 5.41) is 0. The lowest BCUT2D eigenvalue weighted by Crippen LogP contribution is -2.47. The van der Waals surface area contributed by atoms with Gasteiger partial charge in [-0.15, -0.1) is 0 Å². The molecule has 2 saturated heterocycles. The van der Waals surface area contributed by atoms with E-state index in [1.54, 1.807) is 22.5 Å². The van der Waals surface area contributed by atoms with Gasteiger partial charge in [0.25, 0.3) is 0 Å². The highest BCUT2D eigenvalue weighted by Gasteiger charge is 2.28. The van der Waals surface area contributed by atoms with Crippen molar-refractivity contribution < 1.29 is 17.7 Å². The monoisotopic (exact) mass is 310 g/mol. The molecule has 0 radical (unpaired) electrons. The fourth-order valence-corrected chi connectivity index (χ4v) is 4.06. The molecule has 2 aliphatic rings. The molecule has 0 aromatic heterocycles. The maximum Gasteiger partial charge on any atom is 0.438 e. The Morgan fingerprint density at radius 2 is 2.00 bits per heavy atom. The predicted octanol–water partition coefficient (Wildman–Crippen LogP) is -0.0229. The van der Waals surface area contributed by atoms with E-state index >= 15 is 0 Å². The first kappa shape index (κ1) is 15.0. The maximum absolute atomic E-state index is 12.7. The van der Waals surface area contributed by atoms with Crippen molar-refractivity contribution in [3.05, 3.63) is 29.8 Å². The van der Waals surface area contributed by atoms with Gasteiger partial charge in [-0.25, -0.2) is 8.42 Å². The maximum atomic E-state index is 12.7. The van der Waals surface area contributed by atoms with Crippen LogP contribution in [0, 0.1) is 0 Å². The molecule has 0 amide bonds. The molecule has 2 heterocycles. The van der Waals surface area contributed by atoms with Gasteiger partial charge >= 0.3 is 7.69 Å². The van der Waals surface area contributed by atoms with Crippen molar-refractivity contribution in [1.29, 1.82) is 0 Å². The Bertz CT molecular complexity index is 596. The molecule has 1 aromatic rings. The van der Waals surface area contributed by atoms with Crippen LogP contribution in [0.1, 0.15) is 11.7 Å². The summed E-state index contributed by atoms with van der Waals surface area (Å²) in [6, 6.07) is 6.99. The lowest BCUT2D eigenvalue weighted by molar-refractivity contribution is 0.222. The highest BCUT2D eigenvalue weighted by atomic mass is 32.2. The summed E-state index contributed by atoms with van der Waals surface area (Å²) >= 11 is 0. The quantitative estimate of drug-likeness (QED) is 0.734. The number of benzene rings is 1. The standard InChI is InChI=1S/C13H19BN2O4S/c1-15-5-7-16(8-6-15)21(17,18)12-4-2-3-11(9-12)13-10-19-14-20-13/h2-4,9,13-14H,5-8,10H2,1H3. The van der Waals surface area contributed by atoms with Gasteiger partial charge in [0.1, 0.15) is 0 Å². The van der Waals surface area contributed by atoms with E-state index in [2.05, 4.69) is 4.90 Å². The SMILES string of the molecule is CN1CCN(S(=O)(=O)c2cccc(C3COBO3)c2)CC1. The van der Waals surface area contributed by atoms with Crippen molar-refractivity contribution >= 4 is 17.7 Å². The van der Waals surface area contributed by atoms with Gasteiger partial charge in [-0.3, -0.25) is 0 Å². The second-order valence-electron chi connectivity index (χ2n) is 5.42. The summed E-state index contributed by atoms with van der Waals surface area (Å²) in [7, 11) is -1.16. The zero-order valence-electron chi connectivity index (χ0n) is 12.1. The van der Waals surface area contributed by atoms with Crippen LogP contribution in [0.15, 0.2) is 29.2 Å². The van der Waals surface area contributed by atoms with Gasteiger partial charge in [-0.05, 0) is 24.7 Å². The van der Waals surface area contributed by atoms with Crippen LogP contribution in [0.5, 0.6) is 0 Å². The molecule has 2 fully saturated rings. The van der Waals surface area contributed by atoms with Crippen molar-refractivity contribution in [1.82, 2.24) is 9.21 Å². The average molecular weight is 310 g/mol. The molecule has 6 nitrogen and oxygen atoms in total. The first-order valence-electron chi connectivity index (χ1n) is 7.05. The first-order valence-corrected chi connectivity index (χ1v) is 8.49. The van der Waals surface area contributed by atoms with Gasteiger partial charge in [0.2, 0.25) is 10.0 Å². The smallest absolute Gasteiger partial charge is 0.411 e. The van der Waals surface area contributed by atoms with Gasteiger partial charge in [0.05, 0.1) is 17.6 Å². The molecule has 8 heteroatoms. The van der Waals surface area contributed by atoms with Gasteiger partial charge in [0.15, 0.2) is 0 Å². The van der Waals surface area contributed by atoms with Crippen LogP contribution < -0.4 is 0 Å². The molecular weight excluding hydrogens is 291 g/mol. The summed E-state index contributed by atoms with van der Waals surface area (Å²) in [6.07, 6.45) is -0.173. The summed E-state index contributed by atoms with van der Waals surface area (Å²) in [4.78, 5) is 2.46. The third kappa shape index (κ3) is 3.14. The number of nitrogens with zero attached hydrogens (tertiary/aromatic N) is 2. The van der Waals surface area contributed by atoms with Crippen molar-refractivity contribution in [2.45, 2.75) is 11.0 Å². The molecule has 0 bridgehead atoms. The van der Waals surface area contributed by atoms with Crippen LogP contribution in [0.3, 0.4) is 0 Å². The second kappa shape index (κ2) is 6.06. The number of hydrogen-bond donors (Lipinski definition) is 0. The molecule has 0 N–H and O–H groups in total. The van der Waals surface area contributed by atoms with Crippen molar-refractivity contribution in [2.75, 3.05) is 39.8 Å². The Morgan fingerprint density at radius 3 is 2.67 bits per heavy atom. The number of sulfonamides is 1. The normalized spacial score (nSPS) is 24.9. The Kier molecular flexibility index (Phi) is 4.32. The van der Waals surface area contributed by atoms with E-state index in [-0.39, 0.29) is 13.8 Å². The van der Waals surface area contributed by atoms with Crippen LogP contribution in [0.4, 0.5) is 0 Å². The number of hydrogen-bond acceptors (Lipinski definition) is 5. The van der Waals surface area contributed by atoms with Gasteiger partial charge in [0, 0.05) is 26.2 Å². The fraction of sp³-hybridized carbons (Fsp3) is 0.538. The molecule has 3 rings (SSSR count). The lowest BCUT2D eigenvalue weighted by atomic mass is 10.1. The molecule has 0 saturated carbocycles. The number of rotatable bonds is 3. The Labute approximate surface area is 126 Å². The Balaban J connectivity index is 1.83. The highest BCUT2D eigenvalue weighted by molar-refractivity contribution is 7.89. The van der Waals surface area contributed by atoms with E-state index in [1.165, 1.54) is 0 Å². The summed E-state index contributed by atoms with van der Waals surface area (Å²) in [5.74, 6) is 0. The molecule has 2 aliphatic heterocycles. The third-order valence-corrected chi connectivity index (χ3v) is 5.85. The van der Waals surface area contributed by atoms with E-state index in [0.29, 0.717) is 24.6 Å². The minimum absolute atomic E-state index is 0.173. The van der Waals surface area contributed by atoms with Crippen LogP contribution in [0.2, 0.25) is 0 Å². The highest BCUT2D eigenvalue weighted by Crippen LogP contribution is 2.25. The Morgan fingerprint density at radius 1 is 1.24 bits per heavy atom. The van der Waals surface area contributed by atoms with Gasteiger partial charge in [-0.1, -0.05) is 12.1 Å². The zero-order valence-corrected chi connectivity index (χ0v) is 12.9. The van der Waals surface area contributed by atoms with Gasteiger partial charge < -0.3 is 14.2 Å². The lowest BCUT2D eigenvalue weighted by Gasteiger charge is -2.31. The van der Waals surface area contributed by atoms with E-state index < -0.39 is 10.0 Å². The Hall–Kier alpha value is -0.925. The summed E-state index contributed by atoms with van der Waals surface area (Å²) < 4.78 is 37.6. The van der Waals surface area contributed by atoms with Crippen LogP contribution in [-0.2, 0) is 19.3 Å². The largest absolute Gasteiger partial charge is 0.438 e. The van der Waals surface area contributed by atoms with Crippen molar-refractivity contribution in [3.8, 4) is 0 Å². The van der Waals surface area contributed by atoms with Crippen molar-refractivity contribution in [2.24, 2.45) is 0 Å². The molecule has 0 aliphatic carbocycles. The topological polar surface area (TPSA) is 59.1 Å². The molecule has 1 unspecified atom stereocenters. The van der Waals surface area contributed by atoms with Crippen LogP contribution in [-0.4, -0.2) is 65.1 Å². The van der Waals surface area contributed by atoms with E-state index in [9.17, 15) is 8.42 Å². The van der Waals surface area contributed by atoms with Crippen LogP contribution >= 0.6 is 0 Å². The summed E-state index contributed by atoms with van der Waals surface area (Å²) in [5.41, 5.74) is 0.850. The summed E-state index contributed by atoms with van der Waals surface area (Å²) in [6.45, 7) is 3.06. The molecule has 1 aromatic carbocycles.